The van der Waals surface area contributed by atoms with Gasteiger partial charge in [0.1, 0.15) is 5.75 Å². The lowest BCUT2D eigenvalue weighted by Crippen LogP contribution is -2.05. The monoisotopic (exact) mass is 288 g/mol. The Morgan fingerprint density at radius 1 is 1.30 bits per heavy atom. The fourth-order valence-electron chi connectivity index (χ4n) is 1.87. The van der Waals surface area contributed by atoms with Crippen LogP contribution in [0.4, 0.5) is 0 Å². The lowest BCUT2D eigenvalue weighted by atomic mass is 10.2. The van der Waals surface area contributed by atoms with Gasteiger partial charge in [-0.1, -0.05) is 11.8 Å². The molecule has 20 heavy (non-hydrogen) atoms. The van der Waals surface area contributed by atoms with Crippen LogP contribution < -0.4 is 4.74 Å². The summed E-state index contributed by atoms with van der Waals surface area (Å²) in [5.41, 5.74) is 0.982. The van der Waals surface area contributed by atoms with Crippen molar-refractivity contribution in [3.8, 4) is 23.2 Å². The summed E-state index contributed by atoms with van der Waals surface area (Å²) in [6.45, 7) is 4.15. The minimum atomic E-state index is 0.225. The average molecular weight is 288 g/mol. The number of aromatic nitrogens is 3. The molecule has 0 N–H and O–H groups in total. The van der Waals surface area contributed by atoms with Crippen molar-refractivity contribution in [2.45, 2.75) is 25.0 Å². The second-order valence-corrected chi connectivity index (χ2v) is 5.39. The molecule has 0 aliphatic heterocycles. The zero-order valence-corrected chi connectivity index (χ0v) is 12.5. The summed E-state index contributed by atoms with van der Waals surface area (Å²) in [4.78, 5) is 0. The van der Waals surface area contributed by atoms with E-state index < -0.39 is 0 Å². The van der Waals surface area contributed by atoms with Crippen LogP contribution in [-0.2, 0) is 0 Å². The Labute approximate surface area is 122 Å². The third kappa shape index (κ3) is 2.94. The summed E-state index contributed by atoms with van der Waals surface area (Å²) >= 11 is 1.40. The second-order valence-electron chi connectivity index (χ2n) is 4.45. The quantitative estimate of drug-likeness (QED) is 0.791. The van der Waals surface area contributed by atoms with Crippen LogP contribution in [0, 0.1) is 11.3 Å². The maximum Gasteiger partial charge on any atom is 0.192 e. The van der Waals surface area contributed by atoms with E-state index in [1.165, 1.54) is 11.8 Å². The van der Waals surface area contributed by atoms with Crippen molar-refractivity contribution in [3.63, 3.8) is 0 Å². The molecule has 0 bridgehead atoms. The summed E-state index contributed by atoms with van der Waals surface area (Å²) in [5, 5.41) is 17.9. The number of ether oxygens (including phenoxy) is 1. The molecular formula is C14H16N4OS. The van der Waals surface area contributed by atoms with Gasteiger partial charge in [-0.15, -0.1) is 10.2 Å². The first-order valence-corrected chi connectivity index (χ1v) is 7.25. The molecule has 0 aliphatic rings. The zero-order valence-electron chi connectivity index (χ0n) is 11.7. The van der Waals surface area contributed by atoms with E-state index in [9.17, 15) is 0 Å². The lowest BCUT2D eigenvalue weighted by Gasteiger charge is -2.13. The van der Waals surface area contributed by atoms with Gasteiger partial charge in [-0.2, -0.15) is 5.26 Å². The number of rotatable bonds is 5. The van der Waals surface area contributed by atoms with Gasteiger partial charge in [0.2, 0.25) is 0 Å². The van der Waals surface area contributed by atoms with E-state index in [2.05, 4.69) is 30.1 Å². The number of methoxy groups -OCH3 is 1. The van der Waals surface area contributed by atoms with E-state index in [1.807, 2.05) is 28.8 Å². The molecule has 0 radical (unpaired) electrons. The molecule has 2 rings (SSSR count). The molecular weight excluding hydrogens is 272 g/mol. The predicted molar refractivity (Wildman–Crippen MR) is 78.7 cm³/mol. The van der Waals surface area contributed by atoms with Crippen LogP contribution in [0.1, 0.15) is 19.9 Å². The standard InChI is InChI=1S/C14H16N4OS/c1-10(2)18-13(16-17-14(18)20-9-8-15)11-4-6-12(19-3)7-5-11/h4-7,10H,9H2,1-3H3. The highest BCUT2D eigenvalue weighted by molar-refractivity contribution is 7.99. The summed E-state index contributed by atoms with van der Waals surface area (Å²) < 4.78 is 7.20. The number of hydrogen-bond donors (Lipinski definition) is 0. The number of hydrogen-bond acceptors (Lipinski definition) is 5. The summed E-state index contributed by atoms with van der Waals surface area (Å²) in [5.74, 6) is 1.99. The number of benzene rings is 1. The first-order valence-electron chi connectivity index (χ1n) is 6.26. The third-order valence-electron chi connectivity index (χ3n) is 2.79. The molecule has 0 aliphatic carbocycles. The molecule has 0 saturated heterocycles. The highest BCUT2D eigenvalue weighted by Crippen LogP contribution is 2.28. The van der Waals surface area contributed by atoms with Crippen molar-refractivity contribution in [2.75, 3.05) is 12.9 Å². The molecule has 0 atom stereocenters. The molecule has 6 heteroatoms. The van der Waals surface area contributed by atoms with Crippen molar-refractivity contribution in [3.05, 3.63) is 24.3 Å². The van der Waals surface area contributed by atoms with Crippen LogP contribution in [0.2, 0.25) is 0 Å². The lowest BCUT2D eigenvalue weighted by molar-refractivity contribution is 0.415. The van der Waals surface area contributed by atoms with Gasteiger partial charge in [0.25, 0.3) is 0 Å². The molecule has 1 aromatic carbocycles. The maximum absolute atomic E-state index is 8.70. The Balaban J connectivity index is 2.40. The zero-order chi connectivity index (χ0) is 14.5. The number of thioether (sulfide) groups is 1. The summed E-state index contributed by atoms with van der Waals surface area (Å²) in [7, 11) is 1.64. The van der Waals surface area contributed by atoms with Gasteiger partial charge < -0.3 is 4.74 Å². The van der Waals surface area contributed by atoms with Crippen LogP contribution in [0.25, 0.3) is 11.4 Å². The first-order chi connectivity index (χ1) is 9.67. The van der Waals surface area contributed by atoms with Crippen molar-refractivity contribution in [1.82, 2.24) is 14.8 Å². The van der Waals surface area contributed by atoms with E-state index in [4.69, 9.17) is 10.00 Å². The van der Waals surface area contributed by atoms with Crippen molar-refractivity contribution in [2.24, 2.45) is 0 Å². The molecule has 0 saturated carbocycles. The maximum atomic E-state index is 8.70. The van der Waals surface area contributed by atoms with E-state index in [-0.39, 0.29) is 6.04 Å². The van der Waals surface area contributed by atoms with Crippen LogP contribution in [0.3, 0.4) is 0 Å². The Hall–Kier alpha value is -2.00. The van der Waals surface area contributed by atoms with Gasteiger partial charge in [-0.25, -0.2) is 0 Å². The van der Waals surface area contributed by atoms with E-state index in [0.717, 1.165) is 22.3 Å². The molecule has 0 spiro atoms. The summed E-state index contributed by atoms with van der Waals surface area (Å²) in [6.07, 6.45) is 0. The Kier molecular flexibility index (Phi) is 4.64. The highest BCUT2D eigenvalue weighted by atomic mass is 32.2. The Morgan fingerprint density at radius 2 is 2.00 bits per heavy atom. The predicted octanol–water partition coefficient (Wildman–Crippen LogP) is 3.15. The minimum absolute atomic E-state index is 0.225. The van der Waals surface area contributed by atoms with Crippen LogP contribution in [-0.4, -0.2) is 27.6 Å². The topological polar surface area (TPSA) is 63.7 Å². The van der Waals surface area contributed by atoms with Gasteiger partial charge in [-0.3, -0.25) is 4.57 Å². The highest BCUT2D eigenvalue weighted by Gasteiger charge is 2.16. The second kappa shape index (κ2) is 6.44. The van der Waals surface area contributed by atoms with Gasteiger partial charge >= 0.3 is 0 Å². The molecule has 1 aromatic heterocycles. The van der Waals surface area contributed by atoms with Gasteiger partial charge in [-0.05, 0) is 38.1 Å². The molecule has 2 aromatic rings. The van der Waals surface area contributed by atoms with Gasteiger partial charge in [0.15, 0.2) is 11.0 Å². The minimum Gasteiger partial charge on any atom is -0.497 e. The number of nitriles is 1. The molecule has 104 valence electrons. The fourth-order valence-corrected chi connectivity index (χ4v) is 2.60. The smallest absolute Gasteiger partial charge is 0.192 e. The van der Waals surface area contributed by atoms with Gasteiger partial charge in [0.05, 0.1) is 18.9 Å². The first kappa shape index (κ1) is 14.4. The SMILES string of the molecule is COc1ccc(-c2nnc(SCC#N)n2C(C)C)cc1. The van der Waals surface area contributed by atoms with Crippen molar-refractivity contribution < 1.29 is 4.74 Å². The normalized spacial score (nSPS) is 10.6. The molecule has 5 nitrogen and oxygen atoms in total. The molecule has 0 amide bonds. The Bertz CT molecular complexity index is 613. The van der Waals surface area contributed by atoms with Crippen LogP contribution in [0.15, 0.2) is 29.4 Å². The molecule has 0 unspecified atom stereocenters. The molecule has 0 fully saturated rings. The van der Waals surface area contributed by atoms with Crippen LogP contribution in [0.5, 0.6) is 5.75 Å². The van der Waals surface area contributed by atoms with Crippen molar-refractivity contribution >= 4 is 11.8 Å². The Morgan fingerprint density at radius 3 is 2.55 bits per heavy atom. The largest absolute Gasteiger partial charge is 0.497 e. The third-order valence-corrected chi connectivity index (χ3v) is 3.60. The van der Waals surface area contributed by atoms with E-state index in [0.29, 0.717) is 5.75 Å². The van der Waals surface area contributed by atoms with Gasteiger partial charge in [0, 0.05) is 11.6 Å². The number of nitrogens with zero attached hydrogens (tertiary/aromatic N) is 4. The van der Waals surface area contributed by atoms with E-state index in [1.54, 1.807) is 7.11 Å². The molecule has 1 heterocycles. The van der Waals surface area contributed by atoms with E-state index >= 15 is 0 Å². The average Bonchev–Trinajstić information content (AvgIpc) is 2.89. The fraction of sp³-hybridized carbons (Fsp3) is 0.357. The van der Waals surface area contributed by atoms with Crippen molar-refractivity contribution in [1.29, 1.82) is 5.26 Å². The summed E-state index contributed by atoms with van der Waals surface area (Å²) in [6, 6.07) is 10.1. The van der Waals surface area contributed by atoms with Crippen LogP contribution >= 0.6 is 11.8 Å².